The van der Waals surface area contributed by atoms with Crippen molar-refractivity contribution in [1.29, 1.82) is 0 Å². The Kier molecular flexibility index (Phi) is 3.88. The Morgan fingerprint density at radius 1 is 1.44 bits per heavy atom. The van der Waals surface area contributed by atoms with Crippen LogP contribution in [0.15, 0.2) is 18.2 Å². The van der Waals surface area contributed by atoms with E-state index in [1.807, 2.05) is 0 Å². The van der Waals surface area contributed by atoms with Gasteiger partial charge in [-0.05, 0) is 30.9 Å². The van der Waals surface area contributed by atoms with E-state index in [0.29, 0.717) is 31.6 Å². The van der Waals surface area contributed by atoms with Crippen molar-refractivity contribution in [3.8, 4) is 0 Å². The summed E-state index contributed by atoms with van der Waals surface area (Å²) in [6, 6.07) is 4.49. The van der Waals surface area contributed by atoms with Crippen molar-refractivity contribution in [2.24, 2.45) is 5.41 Å². The molecule has 1 aliphatic rings. The number of halogens is 2. The van der Waals surface area contributed by atoms with Crippen molar-refractivity contribution < 1.29 is 19.0 Å². The van der Waals surface area contributed by atoms with E-state index in [0.717, 1.165) is 0 Å². The van der Waals surface area contributed by atoms with E-state index >= 15 is 0 Å². The average molecular weight is 273 g/mol. The zero-order valence-electron chi connectivity index (χ0n) is 9.79. The van der Waals surface area contributed by atoms with E-state index in [1.165, 1.54) is 6.07 Å². The van der Waals surface area contributed by atoms with E-state index in [9.17, 15) is 14.3 Å². The quantitative estimate of drug-likeness (QED) is 0.920. The maximum Gasteiger partial charge on any atom is 0.310 e. The second-order valence-corrected chi connectivity index (χ2v) is 4.97. The molecule has 98 valence electrons. The Balaban J connectivity index is 2.29. The molecule has 1 aromatic carbocycles. The number of hydrogen-bond acceptors (Lipinski definition) is 2. The number of carboxylic acids is 1. The molecule has 5 heteroatoms. The first kappa shape index (κ1) is 13.3. The van der Waals surface area contributed by atoms with Crippen LogP contribution in [-0.2, 0) is 16.0 Å². The highest BCUT2D eigenvalue weighted by molar-refractivity contribution is 6.31. The van der Waals surface area contributed by atoms with Crippen molar-refractivity contribution >= 4 is 17.6 Å². The molecule has 1 aliphatic heterocycles. The van der Waals surface area contributed by atoms with Crippen LogP contribution in [0, 0.1) is 11.2 Å². The molecule has 0 aromatic heterocycles. The van der Waals surface area contributed by atoms with Crippen LogP contribution in [0.25, 0.3) is 0 Å². The molecule has 2 rings (SSSR count). The molecule has 1 N–H and O–H groups in total. The first-order valence-corrected chi connectivity index (χ1v) is 6.17. The lowest BCUT2D eigenvalue weighted by atomic mass is 9.75. The molecule has 0 amide bonds. The van der Waals surface area contributed by atoms with Crippen LogP contribution in [-0.4, -0.2) is 24.3 Å². The van der Waals surface area contributed by atoms with E-state index in [4.69, 9.17) is 16.3 Å². The van der Waals surface area contributed by atoms with E-state index < -0.39 is 17.2 Å². The molecule has 0 saturated carbocycles. The van der Waals surface area contributed by atoms with Gasteiger partial charge in [0.25, 0.3) is 0 Å². The van der Waals surface area contributed by atoms with Gasteiger partial charge in [-0.2, -0.15) is 0 Å². The molecular formula is C13H14ClFO3. The smallest absolute Gasteiger partial charge is 0.310 e. The lowest BCUT2D eigenvalue weighted by Crippen LogP contribution is -2.39. The van der Waals surface area contributed by atoms with E-state index in [-0.39, 0.29) is 11.4 Å². The summed E-state index contributed by atoms with van der Waals surface area (Å²) < 4.78 is 18.6. The maximum atomic E-state index is 13.4. The molecule has 0 radical (unpaired) electrons. The summed E-state index contributed by atoms with van der Waals surface area (Å²) in [5.41, 5.74) is -0.351. The molecule has 0 atom stereocenters. The monoisotopic (exact) mass is 272 g/mol. The van der Waals surface area contributed by atoms with E-state index in [1.54, 1.807) is 12.1 Å². The van der Waals surface area contributed by atoms with Crippen LogP contribution in [0.5, 0.6) is 0 Å². The van der Waals surface area contributed by atoms with Gasteiger partial charge in [-0.25, -0.2) is 4.39 Å². The van der Waals surface area contributed by atoms with Gasteiger partial charge >= 0.3 is 5.97 Å². The zero-order valence-corrected chi connectivity index (χ0v) is 10.5. The molecule has 18 heavy (non-hydrogen) atoms. The highest BCUT2D eigenvalue weighted by Gasteiger charge is 2.40. The Morgan fingerprint density at radius 3 is 2.72 bits per heavy atom. The highest BCUT2D eigenvalue weighted by atomic mass is 35.5. The SMILES string of the molecule is O=C(O)C1(Cc2cccc(F)c2Cl)CCOCC1. The summed E-state index contributed by atoms with van der Waals surface area (Å²) in [7, 11) is 0. The second kappa shape index (κ2) is 5.24. The van der Waals surface area contributed by atoms with Gasteiger partial charge in [0.05, 0.1) is 10.4 Å². The summed E-state index contributed by atoms with van der Waals surface area (Å²) >= 11 is 5.88. The Bertz CT molecular complexity index is 456. The number of carbonyl (C=O) groups is 1. The van der Waals surface area contributed by atoms with Crippen LogP contribution in [0.3, 0.4) is 0 Å². The van der Waals surface area contributed by atoms with Crippen molar-refractivity contribution in [2.75, 3.05) is 13.2 Å². The van der Waals surface area contributed by atoms with Crippen LogP contribution >= 0.6 is 11.6 Å². The largest absolute Gasteiger partial charge is 0.481 e. The standard InChI is InChI=1S/C13H14ClFO3/c14-11-9(2-1-3-10(11)15)8-13(12(16)17)4-6-18-7-5-13/h1-3H,4-8H2,(H,16,17). The molecule has 1 fully saturated rings. The topological polar surface area (TPSA) is 46.5 Å². The van der Waals surface area contributed by atoms with Gasteiger partial charge in [-0.15, -0.1) is 0 Å². The third kappa shape index (κ3) is 2.49. The normalized spacial score (nSPS) is 18.6. The third-order valence-corrected chi connectivity index (χ3v) is 3.89. The fourth-order valence-electron chi connectivity index (χ4n) is 2.28. The van der Waals surface area contributed by atoms with Crippen molar-refractivity contribution in [3.05, 3.63) is 34.6 Å². The van der Waals surface area contributed by atoms with Crippen molar-refractivity contribution in [3.63, 3.8) is 0 Å². The highest BCUT2D eigenvalue weighted by Crippen LogP contribution is 2.36. The molecule has 0 spiro atoms. The number of hydrogen-bond donors (Lipinski definition) is 1. The number of rotatable bonds is 3. The molecule has 0 unspecified atom stereocenters. The molecule has 1 saturated heterocycles. The summed E-state index contributed by atoms with van der Waals surface area (Å²) in [5, 5.41) is 9.44. The third-order valence-electron chi connectivity index (χ3n) is 3.46. The maximum absolute atomic E-state index is 13.4. The van der Waals surface area contributed by atoms with Crippen LogP contribution in [0.1, 0.15) is 18.4 Å². The fraction of sp³-hybridized carbons (Fsp3) is 0.462. The van der Waals surface area contributed by atoms with Gasteiger partial charge in [0, 0.05) is 13.2 Å². The van der Waals surface area contributed by atoms with Crippen molar-refractivity contribution in [2.45, 2.75) is 19.3 Å². The molecular weight excluding hydrogens is 259 g/mol. The first-order valence-electron chi connectivity index (χ1n) is 5.79. The Labute approximate surface area is 110 Å². The minimum atomic E-state index is -0.893. The minimum Gasteiger partial charge on any atom is -0.481 e. The molecule has 1 aromatic rings. The number of benzene rings is 1. The predicted octanol–water partition coefficient (Wildman–Crippen LogP) is 2.90. The molecule has 3 nitrogen and oxygen atoms in total. The number of aliphatic carboxylic acids is 1. The van der Waals surface area contributed by atoms with E-state index in [2.05, 4.69) is 0 Å². The fourth-order valence-corrected chi connectivity index (χ4v) is 2.47. The van der Waals surface area contributed by atoms with Crippen LogP contribution in [0.2, 0.25) is 5.02 Å². The number of ether oxygens (including phenoxy) is 1. The molecule has 0 aliphatic carbocycles. The Morgan fingerprint density at radius 2 is 2.11 bits per heavy atom. The van der Waals surface area contributed by atoms with Gasteiger partial charge in [-0.1, -0.05) is 23.7 Å². The molecule has 1 heterocycles. The summed E-state index contributed by atoms with van der Waals surface area (Å²) in [4.78, 5) is 11.5. The summed E-state index contributed by atoms with van der Waals surface area (Å²) in [6.07, 6.45) is 1.09. The van der Waals surface area contributed by atoms with Gasteiger partial charge in [0.15, 0.2) is 0 Å². The Hall–Kier alpha value is -1.13. The predicted molar refractivity (Wildman–Crippen MR) is 65.2 cm³/mol. The van der Waals surface area contributed by atoms with Gasteiger partial charge in [0.2, 0.25) is 0 Å². The van der Waals surface area contributed by atoms with Gasteiger partial charge in [0.1, 0.15) is 5.82 Å². The van der Waals surface area contributed by atoms with Crippen molar-refractivity contribution in [1.82, 2.24) is 0 Å². The van der Waals surface area contributed by atoms with Crippen LogP contribution in [0.4, 0.5) is 4.39 Å². The van der Waals surface area contributed by atoms with Crippen LogP contribution < -0.4 is 0 Å². The lowest BCUT2D eigenvalue weighted by Gasteiger charge is -2.33. The average Bonchev–Trinajstić information content (AvgIpc) is 2.36. The minimum absolute atomic E-state index is 0.0182. The van der Waals surface area contributed by atoms with Gasteiger partial charge in [-0.3, -0.25) is 4.79 Å². The lowest BCUT2D eigenvalue weighted by molar-refractivity contribution is -0.154. The zero-order chi connectivity index (χ0) is 13.2. The van der Waals surface area contributed by atoms with Gasteiger partial charge < -0.3 is 9.84 Å². The number of carboxylic acid groups (broad SMARTS) is 1. The summed E-state index contributed by atoms with van der Waals surface area (Å²) in [5.74, 6) is -1.38. The first-order chi connectivity index (χ1) is 8.55. The second-order valence-electron chi connectivity index (χ2n) is 4.59. The molecule has 0 bridgehead atoms. The summed E-state index contributed by atoms with van der Waals surface area (Å²) in [6.45, 7) is 0.832.